The van der Waals surface area contributed by atoms with Crippen molar-refractivity contribution in [2.75, 3.05) is 85.9 Å². The summed E-state index contributed by atoms with van der Waals surface area (Å²) in [6.07, 6.45) is -7.16. The van der Waals surface area contributed by atoms with Crippen molar-refractivity contribution in [2.45, 2.75) is 151 Å². The average molecular weight is 1550 g/mol. The second kappa shape index (κ2) is 43.4. The summed E-state index contributed by atoms with van der Waals surface area (Å²) in [5.74, 6) is -1.28. The van der Waals surface area contributed by atoms with Gasteiger partial charge in [0.2, 0.25) is 0 Å². The summed E-state index contributed by atoms with van der Waals surface area (Å²) in [6.45, 7) is 39.5. The molecule has 6 aromatic carbocycles. The van der Waals surface area contributed by atoms with Crippen molar-refractivity contribution >= 4 is 29.8 Å². The Kier molecular flexibility index (Phi) is 35.1. The van der Waals surface area contributed by atoms with Crippen molar-refractivity contribution in [3.05, 3.63) is 248 Å². The van der Waals surface area contributed by atoms with Crippen molar-refractivity contribution in [3.8, 4) is 34.5 Å². The molecule has 6 aromatic rings. The monoisotopic (exact) mass is 1550 g/mol. The van der Waals surface area contributed by atoms with E-state index in [1.807, 2.05) is 114 Å². The molecule has 0 saturated carbocycles. The number of aryl methyl sites for hydroxylation is 4. The molecule has 0 heterocycles. The van der Waals surface area contributed by atoms with E-state index in [9.17, 15) is 54.6 Å². The van der Waals surface area contributed by atoms with E-state index in [1.54, 1.807) is 31.2 Å². The van der Waals surface area contributed by atoms with E-state index in [4.69, 9.17) is 56.8 Å². The van der Waals surface area contributed by atoms with Gasteiger partial charge in [-0.05, 0) is 149 Å². The molecular formula is C89H110O23. The van der Waals surface area contributed by atoms with E-state index in [0.717, 1.165) is 27.8 Å². The number of aliphatic hydroxyl groups excluding tert-OH is 6. The molecule has 0 saturated heterocycles. The molecule has 0 spiro atoms. The molecule has 0 amide bonds. The van der Waals surface area contributed by atoms with Crippen LogP contribution in [0.2, 0.25) is 0 Å². The Morgan fingerprint density at radius 3 is 0.741 bits per heavy atom. The fraction of sp³-hybridized carbons (Fsp3) is 0.404. The first-order chi connectivity index (χ1) is 52.9. The number of benzene rings is 6. The highest BCUT2D eigenvalue weighted by molar-refractivity contribution is 5.88. The zero-order valence-corrected chi connectivity index (χ0v) is 66.6. The molecule has 0 aromatic heterocycles. The zero-order chi connectivity index (χ0) is 82.7. The Bertz CT molecular complexity index is 4130. The lowest BCUT2D eigenvalue weighted by atomic mass is 9.74. The van der Waals surface area contributed by atoms with Crippen LogP contribution in [0.1, 0.15) is 133 Å². The van der Waals surface area contributed by atoms with E-state index in [2.05, 4.69) is 39.5 Å². The van der Waals surface area contributed by atoms with Gasteiger partial charge in [0, 0.05) is 59.0 Å². The molecule has 0 aliphatic heterocycles. The van der Waals surface area contributed by atoms with Gasteiger partial charge >= 0.3 is 29.8 Å². The molecule has 6 N–H and O–H groups in total. The third-order valence-corrected chi connectivity index (χ3v) is 17.3. The van der Waals surface area contributed by atoms with Gasteiger partial charge in [0.15, 0.2) is 0 Å². The maximum atomic E-state index is 12.7. The highest BCUT2D eigenvalue weighted by Crippen LogP contribution is 2.44. The number of hydrogen-bond donors (Lipinski definition) is 6. The molecular weight excluding hydrogens is 1440 g/mol. The number of carbonyl (C=O) groups excluding carboxylic acids is 5. The van der Waals surface area contributed by atoms with Crippen LogP contribution in [-0.2, 0) is 83.5 Å². The van der Waals surface area contributed by atoms with Crippen molar-refractivity contribution in [3.63, 3.8) is 0 Å². The van der Waals surface area contributed by atoms with Gasteiger partial charge in [-0.3, -0.25) is 0 Å². The van der Waals surface area contributed by atoms with Crippen LogP contribution in [0, 0.1) is 27.7 Å². The lowest BCUT2D eigenvalue weighted by molar-refractivity contribution is -0.143. The van der Waals surface area contributed by atoms with Crippen LogP contribution in [0.5, 0.6) is 34.5 Å². The van der Waals surface area contributed by atoms with E-state index >= 15 is 0 Å². The fourth-order valence-corrected chi connectivity index (χ4v) is 11.3. The Morgan fingerprint density at radius 2 is 0.527 bits per heavy atom. The summed E-state index contributed by atoms with van der Waals surface area (Å²) in [5, 5.41) is 67.9. The first-order valence-electron chi connectivity index (χ1n) is 36.8. The SMILES string of the molecule is C=C(C)COCC(O)COc1c(Cc2cc(C)ccc2OCC(O)COC(=O)C(=C)C)cc(C(C)(C)c2cc(Cc3cc(C)ccc3OCC(O)COC(=O)C(=C)C)c(OCC(O)COC(=O)C(=C)C)c(Cc3cc(C)ccc3OCC(O)COC(=O)C(=C)C)c2)cc1Cc1cc(C)ccc1OCC(O)COC(=O)C(=C)C. The predicted molar refractivity (Wildman–Crippen MR) is 424 cm³/mol. The van der Waals surface area contributed by atoms with Crippen molar-refractivity contribution in [1.82, 2.24) is 0 Å². The normalized spacial score (nSPS) is 12.8. The second-order valence-corrected chi connectivity index (χ2v) is 29.2. The minimum Gasteiger partial charge on any atom is -0.490 e. The van der Waals surface area contributed by atoms with Gasteiger partial charge in [-0.25, -0.2) is 24.0 Å². The van der Waals surface area contributed by atoms with Crippen LogP contribution >= 0.6 is 0 Å². The molecule has 0 bridgehead atoms. The van der Waals surface area contributed by atoms with Crippen LogP contribution in [0.15, 0.2) is 170 Å². The number of aliphatic hydroxyl groups is 6. The standard InChI is InChI=1S/C89H110O23/c1-52(2)39-101-40-72(90)45-106-82-66(31-62-27-58(13)19-23-78(62)102-41-73(91)47-108-84(96)53(3)4)35-70(36-67(82)32-63-28-59(14)20-24-79(63)103-42-74(92)48-109-85(97)54(5)6)89(17,18)71-37-68(33-64-29-60(15)21-25-80(64)104-43-75(93)49-110-86(98)55(7)8)83(107-46-77(95)51-112-88(100)57(11)12)69(38-71)34-65-30-61(16)22-26-81(65)105-44-76(94)50-111-87(99)56(9)10/h19-30,35-38,72-77,90-95H,1,3,5,7,9,11,31-34,39-51H2,2,4,6,8,10,12-18H3. The van der Waals surface area contributed by atoms with Crippen LogP contribution in [0.3, 0.4) is 0 Å². The van der Waals surface area contributed by atoms with Gasteiger partial charge < -0.3 is 87.5 Å². The lowest BCUT2D eigenvalue weighted by Gasteiger charge is -2.31. The van der Waals surface area contributed by atoms with Gasteiger partial charge in [0.05, 0.1) is 13.2 Å². The Morgan fingerprint density at radius 1 is 0.312 bits per heavy atom. The van der Waals surface area contributed by atoms with E-state index in [0.29, 0.717) is 90.1 Å². The molecule has 112 heavy (non-hydrogen) atoms. The molecule has 0 radical (unpaired) electrons. The minimum atomic E-state index is -1.37. The first-order valence-corrected chi connectivity index (χ1v) is 36.8. The number of esters is 5. The summed E-state index contributed by atoms with van der Waals surface area (Å²) in [6, 6.07) is 30.2. The summed E-state index contributed by atoms with van der Waals surface area (Å²) >= 11 is 0. The summed E-state index contributed by atoms with van der Waals surface area (Å²) in [5.41, 5.74) is 10.1. The van der Waals surface area contributed by atoms with E-state index < -0.39 is 85.1 Å². The van der Waals surface area contributed by atoms with Crippen LogP contribution < -0.4 is 28.4 Å². The third kappa shape index (κ3) is 29.1. The average Bonchev–Trinajstić information content (AvgIpc) is 0.757. The molecule has 0 aliphatic carbocycles. The molecule has 0 fully saturated rings. The summed E-state index contributed by atoms with van der Waals surface area (Å²) < 4.78 is 71.7. The van der Waals surface area contributed by atoms with Gasteiger partial charge in [0.1, 0.15) is 144 Å². The zero-order valence-electron chi connectivity index (χ0n) is 66.6. The highest BCUT2D eigenvalue weighted by Gasteiger charge is 2.32. The van der Waals surface area contributed by atoms with Gasteiger partial charge in [0.25, 0.3) is 0 Å². The van der Waals surface area contributed by atoms with Gasteiger partial charge in [-0.2, -0.15) is 0 Å². The Balaban J connectivity index is 1.69. The quantitative estimate of drug-likeness (QED) is 0.00895. The number of rotatable bonds is 47. The van der Waals surface area contributed by atoms with Crippen LogP contribution in [0.4, 0.5) is 0 Å². The van der Waals surface area contributed by atoms with Crippen molar-refractivity contribution in [1.29, 1.82) is 0 Å². The fourth-order valence-electron chi connectivity index (χ4n) is 11.3. The van der Waals surface area contributed by atoms with Crippen LogP contribution in [0.25, 0.3) is 0 Å². The van der Waals surface area contributed by atoms with Crippen LogP contribution in [-0.4, -0.2) is 183 Å². The molecule has 0 aliphatic rings. The van der Waals surface area contributed by atoms with Crippen molar-refractivity contribution < 1.29 is 111 Å². The minimum absolute atomic E-state index is 0.0705. The number of hydrogen-bond acceptors (Lipinski definition) is 23. The van der Waals surface area contributed by atoms with E-state index in [1.165, 1.54) is 34.6 Å². The largest absolute Gasteiger partial charge is 0.490 e. The second-order valence-electron chi connectivity index (χ2n) is 29.2. The molecule has 604 valence electrons. The Hall–Kier alpha value is -10.4. The maximum absolute atomic E-state index is 12.7. The Labute approximate surface area is 657 Å². The van der Waals surface area contributed by atoms with E-state index in [-0.39, 0.29) is 126 Å². The molecule has 6 atom stereocenters. The van der Waals surface area contributed by atoms with Crippen molar-refractivity contribution in [2.24, 2.45) is 0 Å². The number of carbonyl (C=O) groups is 5. The summed E-state index contributed by atoms with van der Waals surface area (Å²) in [7, 11) is 0. The highest BCUT2D eigenvalue weighted by atomic mass is 16.6. The predicted octanol–water partition coefficient (Wildman–Crippen LogP) is 11.2. The summed E-state index contributed by atoms with van der Waals surface area (Å²) in [4.78, 5) is 62.4. The topological polar surface area (TPSA) is 317 Å². The smallest absolute Gasteiger partial charge is 0.333 e. The first kappa shape index (κ1) is 90.5. The number of ether oxygens (including phenoxy) is 12. The van der Waals surface area contributed by atoms with Gasteiger partial charge in [-0.1, -0.05) is 154 Å². The molecule has 6 unspecified atom stereocenters. The molecule has 6 rings (SSSR count). The lowest BCUT2D eigenvalue weighted by Crippen LogP contribution is -2.27. The molecule has 23 heteroatoms. The van der Waals surface area contributed by atoms with Gasteiger partial charge in [-0.15, -0.1) is 0 Å². The maximum Gasteiger partial charge on any atom is 0.333 e. The molecule has 23 nitrogen and oxygen atoms in total. The third-order valence-electron chi connectivity index (χ3n) is 17.3.